The van der Waals surface area contributed by atoms with E-state index in [0.717, 1.165) is 44.6 Å². The maximum Gasteiger partial charge on any atom is 0.119 e. The zero-order valence-corrected chi connectivity index (χ0v) is 12.9. The van der Waals surface area contributed by atoms with E-state index in [4.69, 9.17) is 9.47 Å². The first-order valence-electron chi connectivity index (χ1n) is 8.35. The lowest BCUT2D eigenvalue weighted by Gasteiger charge is -2.37. The van der Waals surface area contributed by atoms with Gasteiger partial charge < -0.3 is 14.8 Å². The summed E-state index contributed by atoms with van der Waals surface area (Å²) in [7, 11) is 0. The minimum absolute atomic E-state index is 0.431. The first kappa shape index (κ1) is 14.9. The Morgan fingerprint density at radius 3 is 2.62 bits per heavy atom. The molecule has 1 aromatic rings. The Morgan fingerprint density at radius 1 is 1.14 bits per heavy atom. The zero-order valence-electron chi connectivity index (χ0n) is 12.9. The van der Waals surface area contributed by atoms with E-state index in [9.17, 15) is 0 Å². The quantitative estimate of drug-likeness (QED) is 0.744. The molecule has 3 nitrogen and oxygen atoms in total. The molecule has 1 aliphatic carbocycles. The molecule has 1 saturated heterocycles. The molecular formula is C18H27NO2. The second-order valence-corrected chi connectivity index (χ2v) is 6.53. The Bertz CT molecular complexity index is 410. The molecule has 0 atom stereocenters. The summed E-state index contributed by atoms with van der Waals surface area (Å²) in [5.41, 5.74) is 0.431. The van der Waals surface area contributed by atoms with Gasteiger partial charge in [-0.25, -0.2) is 0 Å². The Morgan fingerprint density at radius 2 is 1.90 bits per heavy atom. The molecule has 0 amide bonds. The highest BCUT2D eigenvalue weighted by atomic mass is 16.5. The Hall–Kier alpha value is -1.06. The third-order valence-electron chi connectivity index (χ3n) is 4.76. The largest absolute Gasteiger partial charge is 0.494 e. The highest BCUT2D eigenvalue weighted by Crippen LogP contribution is 2.36. The van der Waals surface area contributed by atoms with E-state index in [2.05, 4.69) is 5.32 Å². The monoisotopic (exact) mass is 289 g/mol. The van der Waals surface area contributed by atoms with Gasteiger partial charge in [-0.05, 0) is 56.1 Å². The number of para-hydroxylation sites is 1. The van der Waals surface area contributed by atoms with Crippen molar-refractivity contribution >= 4 is 0 Å². The van der Waals surface area contributed by atoms with Gasteiger partial charge in [-0.1, -0.05) is 18.2 Å². The third kappa shape index (κ3) is 4.72. The van der Waals surface area contributed by atoms with Gasteiger partial charge in [0.05, 0.1) is 6.61 Å². The number of benzene rings is 1. The van der Waals surface area contributed by atoms with Crippen molar-refractivity contribution in [1.29, 1.82) is 0 Å². The smallest absolute Gasteiger partial charge is 0.119 e. The van der Waals surface area contributed by atoms with Crippen molar-refractivity contribution in [3.8, 4) is 5.75 Å². The van der Waals surface area contributed by atoms with Gasteiger partial charge in [0.15, 0.2) is 0 Å². The molecule has 2 fully saturated rings. The summed E-state index contributed by atoms with van der Waals surface area (Å²) in [5.74, 6) is 0.981. The maximum absolute atomic E-state index is 5.83. The average molecular weight is 289 g/mol. The second kappa shape index (κ2) is 7.28. The highest BCUT2D eigenvalue weighted by molar-refractivity contribution is 5.20. The van der Waals surface area contributed by atoms with Gasteiger partial charge in [0, 0.05) is 25.8 Å². The van der Waals surface area contributed by atoms with Gasteiger partial charge in [-0.15, -0.1) is 0 Å². The Labute approximate surface area is 128 Å². The van der Waals surface area contributed by atoms with Crippen LogP contribution in [-0.2, 0) is 4.74 Å². The van der Waals surface area contributed by atoms with Crippen LogP contribution in [-0.4, -0.2) is 32.4 Å². The summed E-state index contributed by atoms with van der Waals surface area (Å²) in [6.07, 6.45) is 7.48. The van der Waals surface area contributed by atoms with Crippen LogP contribution in [0.4, 0.5) is 0 Å². The summed E-state index contributed by atoms with van der Waals surface area (Å²) < 4.78 is 11.4. The van der Waals surface area contributed by atoms with Crippen LogP contribution >= 0.6 is 0 Å². The van der Waals surface area contributed by atoms with Gasteiger partial charge in [0.1, 0.15) is 5.75 Å². The fourth-order valence-electron chi connectivity index (χ4n) is 3.12. The van der Waals surface area contributed by atoms with Gasteiger partial charge in [0.2, 0.25) is 0 Å². The topological polar surface area (TPSA) is 30.5 Å². The van der Waals surface area contributed by atoms with E-state index in [1.165, 1.54) is 32.1 Å². The molecule has 0 unspecified atom stereocenters. The highest BCUT2D eigenvalue weighted by Gasteiger charge is 2.34. The van der Waals surface area contributed by atoms with Crippen molar-refractivity contribution in [1.82, 2.24) is 5.32 Å². The molecule has 0 aromatic heterocycles. The average Bonchev–Trinajstić information content (AvgIpc) is 3.36. The first-order valence-corrected chi connectivity index (χ1v) is 8.35. The molecule has 116 valence electrons. The van der Waals surface area contributed by atoms with Crippen LogP contribution < -0.4 is 10.1 Å². The number of nitrogens with one attached hydrogen (secondary N) is 1. The SMILES string of the molecule is c1ccc(OCCCC2(CNC3CC3)CCOCC2)cc1. The number of hydrogen-bond acceptors (Lipinski definition) is 3. The van der Waals surface area contributed by atoms with Crippen LogP contribution in [0.25, 0.3) is 0 Å². The lowest BCUT2D eigenvalue weighted by Crippen LogP contribution is -2.40. The third-order valence-corrected chi connectivity index (χ3v) is 4.76. The van der Waals surface area contributed by atoms with Crippen molar-refractivity contribution in [2.75, 3.05) is 26.4 Å². The molecule has 1 aromatic carbocycles. The summed E-state index contributed by atoms with van der Waals surface area (Å²) in [5, 5.41) is 3.73. The standard InChI is InChI=1S/C18H27NO2/c1-2-5-17(6-3-1)21-12-4-9-18(10-13-20-14-11-18)15-19-16-7-8-16/h1-3,5-6,16,19H,4,7-15H2. The van der Waals surface area contributed by atoms with Crippen molar-refractivity contribution in [2.24, 2.45) is 5.41 Å². The van der Waals surface area contributed by atoms with E-state index in [-0.39, 0.29) is 0 Å². The van der Waals surface area contributed by atoms with Crippen molar-refractivity contribution in [3.05, 3.63) is 30.3 Å². The second-order valence-electron chi connectivity index (χ2n) is 6.53. The van der Waals surface area contributed by atoms with Crippen LogP contribution in [0.15, 0.2) is 30.3 Å². The Balaban J connectivity index is 1.42. The molecule has 1 aliphatic heterocycles. The van der Waals surface area contributed by atoms with Crippen LogP contribution in [0.5, 0.6) is 5.75 Å². The van der Waals surface area contributed by atoms with Crippen LogP contribution in [0.3, 0.4) is 0 Å². The maximum atomic E-state index is 5.83. The summed E-state index contributed by atoms with van der Waals surface area (Å²) in [6.45, 7) is 3.82. The van der Waals surface area contributed by atoms with Crippen LogP contribution in [0.2, 0.25) is 0 Å². The molecule has 21 heavy (non-hydrogen) atoms. The minimum Gasteiger partial charge on any atom is -0.494 e. The predicted molar refractivity (Wildman–Crippen MR) is 84.7 cm³/mol. The Kier molecular flexibility index (Phi) is 5.15. The van der Waals surface area contributed by atoms with Crippen molar-refractivity contribution in [3.63, 3.8) is 0 Å². The summed E-state index contributed by atoms with van der Waals surface area (Å²) in [6, 6.07) is 10.9. The number of hydrogen-bond donors (Lipinski definition) is 1. The molecule has 1 N–H and O–H groups in total. The van der Waals surface area contributed by atoms with Gasteiger partial charge in [-0.2, -0.15) is 0 Å². The molecule has 1 saturated carbocycles. The van der Waals surface area contributed by atoms with E-state index >= 15 is 0 Å². The van der Waals surface area contributed by atoms with E-state index in [1.54, 1.807) is 0 Å². The normalized spacial score (nSPS) is 21.1. The van der Waals surface area contributed by atoms with E-state index in [0.29, 0.717) is 5.41 Å². The molecule has 0 radical (unpaired) electrons. The van der Waals surface area contributed by atoms with E-state index < -0.39 is 0 Å². The molecule has 0 spiro atoms. The van der Waals surface area contributed by atoms with E-state index in [1.807, 2.05) is 30.3 Å². The fraction of sp³-hybridized carbons (Fsp3) is 0.667. The van der Waals surface area contributed by atoms with Gasteiger partial charge >= 0.3 is 0 Å². The number of ether oxygens (including phenoxy) is 2. The van der Waals surface area contributed by atoms with Gasteiger partial charge in [0.25, 0.3) is 0 Å². The molecular weight excluding hydrogens is 262 g/mol. The molecule has 0 bridgehead atoms. The number of rotatable bonds is 8. The van der Waals surface area contributed by atoms with Crippen LogP contribution in [0, 0.1) is 5.41 Å². The van der Waals surface area contributed by atoms with Crippen molar-refractivity contribution in [2.45, 2.75) is 44.6 Å². The summed E-state index contributed by atoms with van der Waals surface area (Å²) >= 11 is 0. The van der Waals surface area contributed by atoms with Gasteiger partial charge in [-0.3, -0.25) is 0 Å². The summed E-state index contributed by atoms with van der Waals surface area (Å²) in [4.78, 5) is 0. The van der Waals surface area contributed by atoms with Crippen molar-refractivity contribution < 1.29 is 9.47 Å². The molecule has 2 aliphatic rings. The minimum atomic E-state index is 0.431. The zero-order chi connectivity index (χ0) is 14.4. The molecule has 1 heterocycles. The lowest BCUT2D eigenvalue weighted by molar-refractivity contribution is 0.00765. The molecule has 3 rings (SSSR count). The first-order chi connectivity index (χ1) is 10.4. The lowest BCUT2D eigenvalue weighted by atomic mass is 9.76. The molecule has 3 heteroatoms. The fourth-order valence-corrected chi connectivity index (χ4v) is 3.12. The van der Waals surface area contributed by atoms with Crippen LogP contribution in [0.1, 0.15) is 38.5 Å². The predicted octanol–water partition coefficient (Wildman–Crippen LogP) is 3.39.